The third-order valence-corrected chi connectivity index (χ3v) is 3.64. The number of hydrogen-bond acceptors (Lipinski definition) is 4. The van der Waals surface area contributed by atoms with Crippen molar-refractivity contribution in [2.24, 2.45) is 5.73 Å². The number of anilines is 2. The van der Waals surface area contributed by atoms with E-state index in [0.717, 1.165) is 5.56 Å². The summed E-state index contributed by atoms with van der Waals surface area (Å²) in [6.07, 6.45) is 0. The Morgan fingerprint density at radius 3 is 2.72 bits per heavy atom. The van der Waals surface area contributed by atoms with Gasteiger partial charge in [0.2, 0.25) is 11.8 Å². The van der Waals surface area contributed by atoms with Crippen LogP contribution < -0.4 is 16.8 Å². The molecule has 98 valence electrons. The molecule has 1 unspecified atom stereocenters. The Labute approximate surface area is 110 Å². The molecule has 0 aromatic heterocycles. The lowest BCUT2D eigenvalue weighted by atomic mass is 10.1. The van der Waals surface area contributed by atoms with Crippen LogP contribution in [0.2, 0.25) is 0 Å². The molecule has 0 aliphatic carbocycles. The number of thioether (sulfide) groups is 1. The number of benzene rings is 1. The summed E-state index contributed by atoms with van der Waals surface area (Å²) in [7, 11) is 0. The van der Waals surface area contributed by atoms with Gasteiger partial charge < -0.3 is 16.8 Å². The van der Waals surface area contributed by atoms with E-state index in [9.17, 15) is 9.59 Å². The molecule has 18 heavy (non-hydrogen) atoms. The minimum absolute atomic E-state index is 0.129. The molecule has 0 aliphatic heterocycles. The Balaban J connectivity index is 2.64. The molecule has 5 nitrogen and oxygen atoms in total. The fraction of sp³-hybridized carbons (Fsp3) is 0.333. The van der Waals surface area contributed by atoms with Crippen molar-refractivity contribution in [3.05, 3.63) is 23.8 Å². The fourth-order valence-corrected chi connectivity index (χ4v) is 1.93. The van der Waals surface area contributed by atoms with Crippen LogP contribution in [0.25, 0.3) is 0 Å². The van der Waals surface area contributed by atoms with Crippen molar-refractivity contribution in [2.45, 2.75) is 19.1 Å². The molecule has 1 aromatic carbocycles. The van der Waals surface area contributed by atoms with Crippen LogP contribution >= 0.6 is 11.8 Å². The number of hydrogen-bond donors (Lipinski definition) is 3. The number of nitrogens with one attached hydrogen (secondary N) is 1. The standard InChI is InChI=1S/C12H17N3O2S/c1-7-9(13)4-3-5-10(7)15-12(17)8(2)18-6-11(14)16/h3-5,8H,6,13H2,1-2H3,(H2,14,16)(H,15,17). The summed E-state index contributed by atoms with van der Waals surface area (Å²) in [6, 6.07) is 5.34. The van der Waals surface area contributed by atoms with Gasteiger partial charge in [-0.05, 0) is 31.5 Å². The van der Waals surface area contributed by atoms with Gasteiger partial charge in [0.05, 0.1) is 11.0 Å². The molecule has 1 rings (SSSR count). The van der Waals surface area contributed by atoms with Gasteiger partial charge in [0.25, 0.3) is 0 Å². The summed E-state index contributed by atoms with van der Waals surface area (Å²) in [5.74, 6) is -0.473. The van der Waals surface area contributed by atoms with Crippen LogP contribution in [0.15, 0.2) is 18.2 Å². The second kappa shape index (κ2) is 6.30. The zero-order valence-electron chi connectivity index (χ0n) is 10.4. The predicted molar refractivity (Wildman–Crippen MR) is 75.3 cm³/mol. The van der Waals surface area contributed by atoms with Crippen molar-refractivity contribution >= 4 is 35.0 Å². The second-order valence-corrected chi connectivity index (χ2v) is 5.26. The van der Waals surface area contributed by atoms with Crippen LogP contribution in [0.3, 0.4) is 0 Å². The number of amides is 2. The highest BCUT2D eigenvalue weighted by Crippen LogP contribution is 2.21. The van der Waals surface area contributed by atoms with E-state index in [4.69, 9.17) is 11.5 Å². The van der Waals surface area contributed by atoms with Crippen molar-refractivity contribution in [2.75, 3.05) is 16.8 Å². The van der Waals surface area contributed by atoms with Gasteiger partial charge in [-0.15, -0.1) is 11.8 Å². The van der Waals surface area contributed by atoms with Crippen molar-refractivity contribution in [3.63, 3.8) is 0 Å². The third-order valence-electron chi connectivity index (χ3n) is 2.48. The summed E-state index contributed by atoms with van der Waals surface area (Å²) in [5.41, 5.74) is 12.9. The highest BCUT2D eigenvalue weighted by atomic mass is 32.2. The number of rotatable bonds is 5. The van der Waals surface area contributed by atoms with Crippen molar-refractivity contribution in [1.29, 1.82) is 0 Å². The fourth-order valence-electron chi connectivity index (χ4n) is 1.31. The maximum absolute atomic E-state index is 11.9. The number of nitrogens with two attached hydrogens (primary N) is 2. The minimum Gasteiger partial charge on any atom is -0.398 e. The molecule has 6 heteroatoms. The van der Waals surface area contributed by atoms with Gasteiger partial charge in [-0.1, -0.05) is 6.07 Å². The highest BCUT2D eigenvalue weighted by Gasteiger charge is 2.15. The number of primary amides is 1. The molecule has 1 aromatic rings. The molecule has 0 heterocycles. The van der Waals surface area contributed by atoms with Gasteiger partial charge in [-0.2, -0.15) is 0 Å². The zero-order valence-corrected chi connectivity index (χ0v) is 11.2. The molecular formula is C12H17N3O2S. The second-order valence-electron chi connectivity index (χ2n) is 3.93. The van der Waals surface area contributed by atoms with Gasteiger partial charge in [-0.3, -0.25) is 9.59 Å². The van der Waals surface area contributed by atoms with Crippen molar-refractivity contribution in [1.82, 2.24) is 0 Å². The van der Waals surface area contributed by atoms with E-state index in [1.807, 2.05) is 6.92 Å². The first-order chi connectivity index (χ1) is 8.41. The number of nitrogen functional groups attached to an aromatic ring is 1. The molecule has 1 atom stereocenters. The topological polar surface area (TPSA) is 98.2 Å². The first kappa shape index (κ1) is 14.4. The lowest BCUT2D eigenvalue weighted by Crippen LogP contribution is -2.25. The molecular weight excluding hydrogens is 250 g/mol. The van der Waals surface area contributed by atoms with Crippen molar-refractivity contribution < 1.29 is 9.59 Å². The number of carbonyl (C=O) groups is 2. The van der Waals surface area contributed by atoms with E-state index in [1.165, 1.54) is 11.8 Å². The summed E-state index contributed by atoms with van der Waals surface area (Å²) in [4.78, 5) is 22.5. The maximum atomic E-state index is 11.9. The van der Waals surface area contributed by atoms with E-state index >= 15 is 0 Å². The first-order valence-electron chi connectivity index (χ1n) is 5.47. The van der Waals surface area contributed by atoms with Gasteiger partial charge in [-0.25, -0.2) is 0 Å². The monoisotopic (exact) mass is 267 g/mol. The van der Waals surface area contributed by atoms with Crippen LogP contribution in [-0.4, -0.2) is 22.8 Å². The SMILES string of the molecule is Cc1c(N)cccc1NC(=O)C(C)SCC(N)=O. The average Bonchev–Trinajstić information content (AvgIpc) is 2.31. The lowest BCUT2D eigenvalue weighted by molar-refractivity contribution is -0.115. The van der Waals surface area contributed by atoms with E-state index in [2.05, 4.69) is 5.32 Å². The van der Waals surface area contributed by atoms with Crippen LogP contribution in [0.1, 0.15) is 12.5 Å². The zero-order chi connectivity index (χ0) is 13.7. The summed E-state index contributed by atoms with van der Waals surface area (Å²) in [5, 5.41) is 2.43. The van der Waals surface area contributed by atoms with Crippen LogP contribution in [0.5, 0.6) is 0 Å². The quantitative estimate of drug-likeness (QED) is 0.696. The number of carbonyl (C=O) groups excluding carboxylic acids is 2. The molecule has 0 saturated heterocycles. The smallest absolute Gasteiger partial charge is 0.237 e. The van der Waals surface area contributed by atoms with Crippen LogP contribution in [0.4, 0.5) is 11.4 Å². The summed E-state index contributed by atoms with van der Waals surface area (Å²) >= 11 is 1.20. The largest absolute Gasteiger partial charge is 0.398 e. The van der Waals surface area contributed by atoms with Gasteiger partial charge >= 0.3 is 0 Å². The minimum atomic E-state index is -0.431. The van der Waals surface area contributed by atoms with E-state index in [-0.39, 0.29) is 16.9 Å². The third kappa shape index (κ3) is 3.96. The molecule has 0 aliphatic rings. The van der Waals surface area contributed by atoms with Gasteiger partial charge in [0.15, 0.2) is 0 Å². The molecule has 2 amide bonds. The van der Waals surface area contributed by atoms with Crippen molar-refractivity contribution in [3.8, 4) is 0 Å². The Kier molecular flexibility index (Phi) is 5.03. The summed E-state index contributed by atoms with van der Waals surface area (Å²) < 4.78 is 0. The molecule has 0 radical (unpaired) electrons. The van der Waals surface area contributed by atoms with Crippen LogP contribution in [-0.2, 0) is 9.59 Å². The lowest BCUT2D eigenvalue weighted by Gasteiger charge is -2.13. The van der Waals surface area contributed by atoms with Gasteiger partial charge in [0, 0.05) is 11.4 Å². The van der Waals surface area contributed by atoms with Gasteiger partial charge in [0.1, 0.15) is 0 Å². The normalized spacial score (nSPS) is 11.9. The molecule has 0 saturated carbocycles. The first-order valence-corrected chi connectivity index (χ1v) is 6.52. The molecule has 0 bridgehead atoms. The van der Waals surface area contributed by atoms with Crippen LogP contribution in [0, 0.1) is 6.92 Å². The van der Waals surface area contributed by atoms with E-state index in [1.54, 1.807) is 25.1 Å². The molecule has 0 fully saturated rings. The Morgan fingerprint density at radius 1 is 1.44 bits per heavy atom. The Hall–Kier alpha value is -1.69. The molecule has 5 N–H and O–H groups in total. The highest BCUT2D eigenvalue weighted by molar-refractivity contribution is 8.01. The molecule has 0 spiro atoms. The Morgan fingerprint density at radius 2 is 2.11 bits per heavy atom. The average molecular weight is 267 g/mol. The Bertz CT molecular complexity index is 463. The van der Waals surface area contributed by atoms with E-state index < -0.39 is 5.91 Å². The maximum Gasteiger partial charge on any atom is 0.237 e. The summed E-state index contributed by atoms with van der Waals surface area (Å²) in [6.45, 7) is 3.57. The predicted octanol–water partition coefficient (Wildman–Crippen LogP) is 1.12. The van der Waals surface area contributed by atoms with E-state index in [0.29, 0.717) is 11.4 Å².